The van der Waals surface area contributed by atoms with Crippen molar-refractivity contribution in [3.63, 3.8) is 0 Å². The lowest BCUT2D eigenvalue weighted by Crippen LogP contribution is -2.35. The largest absolute Gasteiger partial charge is 0.484 e. The Kier molecular flexibility index (Phi) is 5.32. The van der Waals surface area contributed by atoms with Gasteiger partial charge in [-0.15, -0.1) is 0 Å². The van der Waals surface area contributed by atoms with Gasteiger partial charge in [-0.3, -0.25) is 4.79 Å². The number of ether oxygens (including phenoxy) is 1. The van der Waals surface area contributed by atoms with Crippen LogP contribution in [0.2, 0.25) is 0 Å². The van der Waals surface area contributed by atoms with Crippen molar-refractivity contribution in [3.8, 4) is 5.75 Å². The van der Waals surface area contributed by atoms with Crippen LogP contribution in [0.1, 0.15) is 20.3 Å². The van der Waals surface area contributed by atoms with Crippen molar-refractivity contribution in [1.29, 1.82) is 0 Å². The van der Waals surface area contributed by atoms with E-state index in [1.54, 1.807) is 0 Å². The molecule has 88 valence electrons. The van der Waals surface area contributed by atoms with Crippen molar-refractivity contribution in [2.75, 3.05) is 6.61 Å². The summed E-state index contributed by atoms with van der Waals surface area (Å²) in [6, 6.07) is 7.59. The van der Waals surface area contributed by atoms with Crippen molar-refractivity contribution in [3.05, 3.63) is 28.7 Å². The normalized spacial score (nSPS) is 11.9. The average Bonchev–Trinajstić information content (AvgIpc) is 2.28. The number of hydrogen-bond acceptors (Lipinski definition) is 2. The third-order valence-corrected chi connectivity index (χ3v) is 2.73. The van der Waals surface area contributed by atoms with Crippen LogP contribution in [0.4, 0.5) is 0 Å². The first-order chi connectivity index (χ1) is 7.61. The third kappa shape index (κ3) is 4.66. The molecule has 0 aliphatic heterocycles. The van der Waals surface area contributed by atoms with E-state index in [2.05, 4.69) is 21.2 Å². The first-order valence-electron chi connectivity index (χ1n) is 5.29. The molecule has 1 atom stereocenters. The maximum Gasteiger partial charge on any atom is 0.258 e. The van der Waals surface area contributed by atoms with Crippen LogP contribution in [-0.2, 0) is 4.79 Å². The molecule has 1 amide bonds. The number of carbonyl (C=O) groups excluding carboxylic acids is 1. The summed E-state index contributed by atoms with van der Waals surface area (Å²) < 4.78 is 6.33. The summed E-state index contributed by atoms with van der Waals surface area (Å²) in [4.78, 5) is 11.4. The summed E-state index contributed by atoms with van der Waals surface area (Å²) >= 11 is 3.33. The number of amides is 1. The minimum atomic E-state index is -0.0859. The zero-order valence-corrected chi connectivity index (χ0v) is 11.1. The summed E-state index contributed by atoms with van der Waals surface area (Å²) in [6.45, 7) is 4.06. The van der Waals surface area contributed by atoms with E-state index in [0.717, 1.165) is 10.9 Å². The van der Waals surface area contributed by atoms with Gasteiger partial charge in [0, 0.05) is 10.5 Å². The molecule has 0 aliphatic carbocycles. The molecule has 1 aromatic rings. The number of carbonyl (C=O) groups is 1. The van der Waals surface area contributed by atoms with Gasteiger partial charge in [-0.25, -0.2) is 0 Å². The fourth-order valence-electron chi connectivity index (χ4n) is 1.10. The lowest BCUT2D eigenvalue weighted by Gasteiger charge is -2.11. The number of halogens is 1. The van der Waals surface area contributed by atoms with Gasteiger partial charge in [-0.2, -0.15) is 0 Å². The molecule has 1 rings (SSSR count). The van der Waals surface area contributed by atoms with E-state index in [9.17, 15) is 4.79 Å². The van der Waals surface area contributed by atoms with Crippen LogP contribution >= 0.6 is 15.9 Å². The quantitative estimate of drug-likeness (QED) is 0.903. The maximum absolute atomic E-state index is 11.4. The highest BCUT2D eigenvalue weighted by molar-refractivity contribution is 9.10. The van der Waals surface area contributed by atoms with E-state index in [0.29, 0.717) is 5.75 Å². The summed E-state index contributed by atoms with van der Waals surface area (Å²) in [5.41, 5.74) is 0. The van der Waals surface area contributed by atoms with Gasteiger partial charge in [0.2, 0.25) is 0 Å². The second-order valence-corrected chi connectivity index (χ2v) is 4.54. The van der Waals surface area contributed by atoms with E-state index < -0.39 is 0 Å². The molecule has 4 heteroatoms. The molecule has 0 heterocycles. The predicted molar refractivity (Wildman–Crippen MR) is 67.5 cm³/mol. The second-order valence-electron chi connectivity index (χ2n) is 3.62. The van der Waals surface area contributed by atoms with Gasteiger partial charge < -0.3 is 10.1 Å². The third-order valence-electron chi connectivity index (χ3n) is 2.20. The van der Waals surface area contributed by atoms with Crippen molar-refractivity contribution in [1.82, 2.24) is 5.32 Å². The van der Waals surface area contributed by atoms with Crippen molar-refractivity contribution in [2.45, 2.75) is 26.3 Å². The zero-order valence-electron chi connectivity index (χ0n) is 9.50. The molecule has 1 N–H and O–H groups in total. The lowest BCUT2D eigenvalue weighted by molar-refractivity contribution is -0.123. The van der Waals surface area contributed by atoms with Gasteiger partial charge in [-0.1, -0.05) is 22.9 Å². The van der Waals surface area contributed by atoms with Crippen LogP contribution in [-0.4, -0.2) is 18.6 Å². The molecular formula is C12H16BrNO2. The molecule has 0 spiro atoms. The van der Waals surface area contributed by atoms with Gasteiger partial charge in [0.05, 0.1) is 0 Å². The Morgan fingerprint density at radius 1 is 1.44 bits per heavy atom. The SMILES string of the molecule is CC[C@H](C)NC(=O)COc1ccc(Br)cc1. The Morgan fingerprint density at radius 3 is 2.62 bits per heavy atom. The van der Waals surface area contributed by atoms with Crippen molar-refractivity contribution in [2.24, 2.45) is 0 Å². The first-order valence-corrected chi connectivity index (χ1v) is 6.09. The molecule has 0 unspecified atom stereocenters. The molecule has 0 aliphatic rings. The fraction of sp³-hybridized carbons (Fsp3) is 0.417. The Labute approximate surface area is 104 Å². The van der Waals surface area contributed by atoms with Gasteiger partial charge in [-0.05, 0) is 37.6 Å². The highest BCUT2D eigenvalue weighted by Crippen LogP contribution is 2.15. The van der Waals surface area contributed by atoms with Gasteiger partial charge >= 0.3 is 0 Å². The molecular weight excluding hydrogens is 270 g/mol. The summed E-state index contributed by atoms with van der Waals surface area (Å²) in [5, 5.41) is 2.84. The van der Waals surface area contributed by atoms with E-state index in [4.69, 9.17) is 4.74 Å². The smallest absolute Gasteiger partial charge is 0.258 e. The number of benzene rings is 1. The average molecular weight is 286 g/mol. The predicted octanol–water partition coefficient (Wildman–Crippen LogP) is 2.74. The monoisotopic (exact) mass is 285 g/mol. The molecule has 0 fully saturated rings. The van der Waals surface area contributed by atoms with Crippen molar-refractivity contribution >= 4 is 21.8 Å². The van der Waals surface area contributed by atoms with E-state index >= 15 is 0 Å². The minimum absolute atomic E-state index is 0.0615. The molecule has 16 heavy (non-hydrogen) atoms. The summed E-state index contributed by atoms with van der Waals surface area (Å²) in [5.74, 6) is 0.611. The second kappa shape index (κ2) is 6.53. The van der Waals surface area contributed by atoms with Crippen LogP contribution in [0, 0.1) is 0 Å². The maximum atomic E-state index is 11.4. The number of nitrogens with one attached hydrogen (secondary N) is 1. The topological polar surface area (TPSA) is 38.3 Å². The standard InChI is InChI=1S/C12H16BrNO2/c1-3-9(2)14-12(15)8-16-11-6-4-10(13)5-7-11/h4-7,9H,3,8H2,1-2H3,(H,14,15)/t9-/m0/s1. The van der Waals surface area contributed by atoms with Gasteiger partial charge in [0.25, 0.3) is 5.91 Å². The fourth-order valence-corrected chi connectivity index (χ4v) is 1.36. The minimum Gasteiger partial charge on any atom is -0.484 e. The highest BCUT2D eigenvalue weighted by Gasteiger charge is 2.05. The molecule has 0 aromatic heterocycles. The summed E-state index contributed by atoms with van der Waals surface area (Å²) in [6.07, 6.45) is 0.921. The van der Waals surface area contributed by atoms with Crippen LogP contribution in [0.25, 0.3) is 0 Å². The molecule has 0 bridgehead atoms. The number of hydrogen-bond donors (Lipinski definition) is 1. The van der Waals surface area contributed by atoms with Crippen LogP contribution < -0.4 is 10.1 Å². The summed E-state index contributed by atoms with van der Waals surface area (Å²) in [7, 11) is 0. The number of rotatable bonds is 5. The first kappa shape index (κ1) is 13.0. The highest BCUT2D eigenvalue weighted by atomic mass is 79.9. The van der Waals surface area contributed by atoms with E-state index in [1.807, 2.05) is 38.1 Å². The van der Waals surface area contributed by atoms with Crippen LogP contribution in [0.5, 0.6) is 5.75 Å². The van der Waals surface area contributed by atoms with Crippen molar-refractivity contribution < 1.29 is 9.53 Å². The van der Waals surface area contributed by atoms with Crippen LogP contribution in [0.15, 0.2) is 28.7 Å². The Balaban J connectivity index is 2.34. The Hall–Kier alpha value is -1.03. The van der Waals surface area contributed by atoms with E-state index in [-0.39, 0.29) is 18.6 Å². The molecule has 0 radical (unpaired) electrons. The van der Waals surface area contributed by atoms with Crippen LogP contribution in [0.3, 0.4) is 0 Å². The zero-order chi connectivity index (χ0) is 12.0. The van der Waals surface area contributed by atoms with E-state index in [1.165, 1.54) is 0 Å². The molecule has 0 saturated heterocycles. The van der Waals surface area contributed by atoms with Gasteiger partial charge in [0.1, 0.15) is 5.75 Å². The Bertz CT molecular complexity index is 337. The molecule has 3 nitrogen and oxygen atoms in total. The lowest BCUT2D eigenvalue weighted by atomic mass is 10.2. The Morgan fingerprint density at radius 2 is 2.06 bits per heavy atom. The van der Waals surface area contributed by atoms with Gasteiger partial charge in [0.15, 0.2) is 6.61 Å². The molecule has 0 saturated carbocycles. The molecule has 1 aromatic carbocycles.